The second-order valence-electron chi connectivity index (χ2n) is 6.13. The van der Waals surface area contributed by atoms with Crippen LogP contribution in [0.25, 0.3) is 0 Å². The number of hydrogen-bond donors (Lipinski definition) is 1. The zero-order valence-corrected chi connectivity index (χ0v) is 13.7. The average Bonchev–Trinajstić information content (AvgIpc) is 3.12. The summed E-state index contributed by atoms with van der Waals surface area (Å²) in [6.07, 6.45) is 9.38. The van der Waals surface area contributed by atoms with E-state index in [0.717, 1.165) is 10.0 Å². The highest BCUT2D eigenvalue weighted by molar-refractivity contribution is 9.10. The molecule has 0 spiro atoms. The fraction of sp³-hybridized carbons (Fsp3) is 0.529. The number of benzene rings is 1. The summed E-state index contributed by atoms with van der Waals surface area (Å²) < 4.78 is 1.04. The van der Waals surface area contributed by atoms with Crippen LogP contribution in [0.1, 0.15) is 44.1 Å². The maximum atomic E-state index is 12.2. The van der Waals surface area contributed by atoms with Gasteiger partial charge in [0.05, 0.1) is 6.21 Å². The Morgan fingerprint density at radius 1 is 1.10 bits per heavy atom. The van der Waals surface area contributed by atoms with Crippen LogP contribution in [-0.2, 0) is 4.79 Å². The van der Waals surface area contributed by atoms with Crippen LogP contribution in [0.4, 0.5) is 0 Å². The lowest BCUT2D eigenvalue weighted by atomic mass is 10.0. The van der Waals surface area contributed by atoms with E-state index in [1.54, 1.807) is 6.21 Å². The molecule has 1 aromatic rings. The molecule has 1 amide bonds. The second kappa shape index (κ2) is 6.73. The Bertz CT molecular complexity index is 512. The molecule has 3 nitrogen and oxygen atoms in total. The van der Waals surface area contributed by atoms with Crippen LogP contribution in [0, 0.1) is 17.8 Å². The number of carbonyl (C=O) groups is 1. The molecule has 1 aromatic carbocycles. The number of halogens is 1. The lowest BCUT2D eigenvalue weighted by molar-refractivity contribution is -0.122. The van der Waals surface area contributed by atoms with Gasteiger partial charge in [-0.3, -0.25) is 4.79 Å². The minimum Gasteiger partial charge on any atom is -0.273 e. The number of nitrogens with one attached hydrogen (secondary N) is 1. The van der Waals surface area contributed by atoms with E-state index >= 15 is 0 Å². The van der Waals surface area contributed by atoms with Crippen molar-refractivity contribution < 1.29 is 4.79 Å². The molecule has 0 heterocycles. The van der Waals surface area contributed by atoms with Gasteiger partial charge >= 0.3 is 0 Å². The normalized spacial score (nSPS) is 28.5. The molecule has 21 heavy (non-hydrogen) atoms. The third-order valence-electron chi connectivity index (χ3n) is 4.72. The van der Waals surface area contributed by atoms with Crippen LogP contribution in [0.2, 0.25) is 0 Å². The molecule has 2 atom stereocenters. The lowest BCUT2D eigenvalue weighted by Gasteiger charge is -2.04. The highest BCUT2D eigenvalue weighted by Crippen LogP contribution is 2.53. The molecule has 0 radical (unpaired) electrons. The highest BCUT2D eigenvalue weighted by atomic mass is 79.9. The Morgan fingerprint density at radius 2 is 1.71 bits per heavy atom. The van der Waals surface area contributed by atoms with E-state index in [1.807, 2.05) is 24.3 Å². The van der Waals surface area contributed by atoms with Crippen LogP contribution in [0.15, 0.2) is 33.8 Å². The van der Waals surface area contributed by atoms with E-state index in [4.69, 9.17) is 0 Å². The number of fused-ring (bicyclic) bond motifs is 1. The third kappa shape index (κ3) is 3.73. The van der Waals surface area contributed by atoms with Crippen LogP contribution in [-0.4, -0.2) is 12.1 Å². The maximum absolute atomic E-state index is 12.2. The lowest BCUT2D eigenvalue weighted by Crippen LogP contribution is -2.21. The summed E-state index contributed by atoms with van der Waals surface area (Å²) in [5, 5.41) is 4.10. The zero-order valence-electron chi connectivity index (χ0n) is 12.1. The van der Waals surface area contributed by atoms with Gasteiger partial charge in [0.15, 0.2) is 0 Å². The Hall–Kier alpha value is -1.16. The quantitative estimate of drug-likeness (QED) is 0.647. The first-order valence-corrected chi connectivity index (χ1v) is 8.63. The van der Waals surface area contributed by atoms with Crippen LogP contribution in [0.3, 0.4) is 0 Å². The van der Waals surface area contributed by atoms with Crippen molar-refractivity contribution in [2.24, 2.45) is 22.9 Å². The van der Waals surface area contributed by atoms with Gasteiger partial charge in [0.25, 0.3) is 0 Å². The summed E-state index contributed by atoms with van der Waals surface area (Å²) in [7, 11) is 0. The Balaban J connectivity index is 1.51. The predicted octanol–water partition coefficient (Wildman–Crippen LogP) is 4.12. The standard InChI is InChI=1S/C17H21BrN2O/c18-13-9-7-12(8-10-13)11-19-20-17(21)16-14-5-3-1-2-4-6-15(14)16/h7-11,14-16H,1-6H2,(H,20,21). The van der Waals surface area contributed by atoms with Crippen molar-refractivity contribution in [3.8, 4) is 0 Å². The third-order valence-corrected chi connectivity index (χ3v) is 5.25. The number of rotatable bonds is 3. The van der Waals surface area contributed by atoms with E-state index in [2.05, 4.69) is 26.5 Å². The molecule has 2 aliphatic rings. The number of hydrogen-bond acceptors (Lipinski definition) is 2. The topological polar surface area (TPSA) is 41.5 Å². The summed E-state index contributed by atoms with van der Waals surface area (Å²) >= 11 is 3.40. The minimum atomic E-state index is 0.111. The van der Waals surface area contributed by atoms with Crippen molar-refractivity contribution in [1.29, 1.82) is 0 Å². The number of nitrogens with zero attached hydrogens (tertiary/aromatic N) is 1. The van der Waals surface area contributed by atoms with Gasteiger partial charge < -0.3 is 0 Å². The fourth-order valence-electron chi connectivity index (χ4n) is 3.53. The monoisotopic (exact) mass is 348 g/mol. The van der Waals surface area contributed by atoms with Crippen molar-refractivity contribution >= 4 is 28.1 Å². The largest absolute Gasteiger partial charge is 0.273 e. The van der Waals surface area contributed by atoms with Gasteiger partial charge in [0.1, 0.15) is 0 Å². The molecule has 4 heteroatoms. The van der Waals surface area contributed by atoms with Gasteiger partial charge in [0.2, 0.25) is 5.91 Å². The van der Waals surface area contributed by atoms with E-state index in [-0.39, 0.29) is 11.8 Å². The summed E-state index contributed by atoms with van der Waals surface area (Å²) in [4.78, 5) is 12.2. The van der Waals surface area contributed by atoms with E-state index in [1.165, 1.54) is 38.5 Å². The van der Waals surface area contributed by atoms with Crippen molar-refractivity contribution in [2.75, 3.05) is 0 Å². The van der Waals surface area contributed by atoms with Gasteiger partial charge in [0, 0.05) is 10.4 Å². The number of hydrazone groups is 1. The molecule has 0 saturated heterocycles. The van der Waals surface area contributed by atoms with Crippen molar-refractivity contribution in [1.82, 2.24) is 5.43 Å². The summed E-state index contributed by atoms with van der Waals surface area (Å²) in [6.45, 7) is 0. The molecular weight excluding hydrogens is 328 g/mol. The molecule has 0 bridgehead atoms. The number of amides is 1. The first-order chi connectivity index (χ1) is 10.3. The van der Waals surface area contributed by atoms with Crippen LogP contribution < -0.4 is 5.43 Å². The first kappa shape index (κ1) is 14.8. The maximum Gasteiger partial charge on any atom is 0.243 e. The summed E-state index contributed by atoms with van der Waals surface area (Å²) in [6, 6.07) is 7.85. The van der Waals surface area contributed by atoms with Gasteiger partial charge in [-0.25, -0.2) is 5.43 Å². The van der Waals surface area contributed by atoms with Crippen molar-refractivity contribution in [2.45, 2.75) is 38.5 Å². The van der Waals surface area contributed by atoms with E-state index in [0.29, 0.717) is 11.8 Å². The molecule has 3 rings (SSSR count). The van der Waals surface area contributed by atoms with Gasteiger partial charge in [-0.2, -0.15) is 5.10 Å². The molecule has 112 valence electrons. The summed E-state index contributed by atoms with van der Waals surface area (Å²) in [5.41, 5.74) is 3.71. The highest BCUT2D eigenvalue weighted by Gasteiger charge is 2.53. The van der Waals surface area contributed by atoms with Gasteiger partial charge in [-0.1, -0.05) is 53.7 Å². The van der Waals surface area contributed by atoms with E-state index < -0.39 is 0 Å². The SMILES string of the molecule is O=C(NN=Cc1ccc(Br)cc1)C1C2CCCCCCC21. The molecule has 0 aliphatic heterocycles. The Morgan fingerprint density at radius 3 is 2.33 bits per heavy atom. The fourth-order valence-corrected chi connectivity index (χ4v) is 3.79. The smallest absolute Gasteiger partial charge is 0.243 e. The van der Waals surface area contributed by atoms with E-state index in [9.17, 15) is 4.79 Å². The second-order valence-corrected chi connectivity index (χ2v) is 7.05. The zero-order chi connectivity index (χ0) is 14.7. The molecule has 2 unspecified atom stereocenters. The average molecular weight is 349 g/mol. The molecule has 2 fully saturated rings. The molecule has 1 N–H and O–H groups in total. The molecular formula is C17H21BrN2O. The molecule has 2 aliphatic carbocycles. The first-order valence-electron chi connectivity index (χ1n) is 7.84. The molecule has 2 saturated carbocycles. The molecule has 0 aromatic heterocycles. The van der Waals surface area contributed by atoms with Crippen molar-refractivity contribution in [3.63, 3.8) is 0 Å². The summed E-state index contributed by atoms with van der Waals surface area (Å²) in [5.74, 6) is 1.56. The van der Waals surface area contributed by atoms with Crippen LogP contribution >= 0.6 is 15.9 Å². The predicted molar refractivity (Wildman–Crippen MR) is 88.1 cm³/mol. The van der Waals surface area contributed by atoms with Gasteiger partial charge in [-0.05, 0) is 42.4 Å². The van der Waals surface area contributed by atoms with Gasteiger partial charge in [-0.15, -0.1) is 0 Å². The number of carbonyl (C=O) groups excluding carboxylic acids is 1. The van der Waals surface area contributed by atoms with Crippen molar-refractivity contribution in [3.05, 3.63) is 34.3 Å². The minimum absolute atomic E-state index is 0.111. The van der Waals surface area contributed by atoms with Crippen LogP contribution in [0.5, 0.6) is 0 Å². The Labute approximate surface area is 134 Å². The Kier molecular flexibility index (Phi) is 4.73.